The molecule has 0 saturated carbocycles. The van der Waals surface area contributed by atoms with E-state index in [4.69, 9.17) is 4.52 Å². The maximum atomic E-state index is 13.3. The second kappa shape index (κ2) is 9.21. The van der Waals surface area contributed by atoms with Gasteiger partial charge in [-0.25, -0.2) is 8.42 Å². The Morgan fingerprint density at radius 2 is 1.59 bits per heavy atom. The fourth-order valence-corrected chi connectivity index (χ4v) is 6.43. The highest BCUT2D eigenvalue weighted by Gasteiger charge is 2.27. The third-order valence-electron chi connectivity index (χ3n) is 5.22. The summed E-state index contributed by atoms with van der Waals surface area (Å²) in [5, 5.41) is 5.86. The van der Waals surface area contributed by atoms with Crippen molar-refractivity contribution in [2.24, 2.45) is 0 Å². The molecule has 2 aromatic carbocycles. The van der Waals surface area contributed by atoms with Crippen LogP contribution in [-0.4, -0.2) is 13.6 Å². The molecule has 0 bridgehead atoms. The van der Waals surface area contributed by atoms with E-state index in [0.717, 1.165) is 32.4 Å². The van der Waals surface area contributed by atoms with Crippen LogP contribution in [0.2, 0.25) is 0 Å². The molecule has 4 aromatic rings. The number of aromatic nitrogens is 1. The van der Waals surface area contributed by atoms with E-state index in [9.17, 15) is 8.42 Å². The summed E-state index contributed by atoms with van der Waals surface area (Å²) in [6.45, 7) is 5.85. The molecule has 0 aliphatic heterocycles. The summed E-state index contributed by atoms with van der Waals surface area (Å²) >= 11 is 4.73. The third kappa shape index (κ3) is 4.82. The molecule has 2 aromatic heterocycles. The van der Waals surface area contributed by atoms with Gasteiger partial charge in [-0.05, 0) is 72.8 Å². The van der Waals surface area contributed by atoms with Crippen molar-refractivity contribution in [3.05, 3.63) is 86.3 Å². The van der Waals surface area contributed by atoms with E-state index < -0.39 is 10.0 Å². The largest absolute Gasteiger partial charge is 0.355 e. The zero-order valence-corrected chi connectivity index (χ0v) is 21.2. The number of nitrogens with one attached hydrogen (secondary N) is 1. The average molecular weight is 531 g/mol. The highest BCUT2D eigenvalue weighted by atomic mass is 79.9. The van der Waals surface area contributed by atoms with Gasteiger partial charge >= 0.3 is 0 Å². The van der Waals surface area contributed by atoms with Crippen LogP contribution in [0.25, 0.3) is 11.3 Å². The molecule has 0 radical (unpaired) electrons. The first-order valence-corrected chi connectivity index (χ1v) is 13.3. The van der Waals surface area contributed by atoms with Crippen LogP contribution >= 0.6 is 27.3 Å². The van der Waals surface area contributed by atoms with Crippen molar-refractivity contribution in [2.75, 3.05) is 4.72 Å². The first-order valence-electron chi connectivity index (χ1n) is 10.1. The molecule has 0 amide bonds. The van der Waals surface area contributed by atoms with Crippen LogP contribution in [0.15, 0.2) is 67.1 Å². The van der Waals surface area contributed by atoms with Gasteiger partial charge in [0.25, 0.3) is 10.0 Å². The summed E-state index contributed by atoms with van der Waals surface area (Å²) in [6, 6.07) is 15.6. The van der Waals surface area contributed by atoms with Gasteiger partial charge in [0, 0.05) is 16.6 Å². The summed E-state index contributed by atoms with van der Waals surface area (Å²) in [5.74, 6) is 0.550. The molecule has 0 spiro atoms. The standard InChI is InChI=1S/C24H23BrN2O3S2/c1-15-4-8-18(9-5-15)10-13-20-21(23-22(25)17(3)26-30-23)14-31-24(20)32(28,29)27-19-11-6-16(2)7-12-19/h4-9,11-12,14,27H,10,13H2,1-3H3. The van der Waals surface area contributed by atoms with Gasteiger partial charge in [0.1, 0.15) is 4.21 Å². The quantitative estimate of drug-likeness (QED) is 0.289. The fourth-order valence-electron chi connectivity index (χ4n) is 3.39. The zero-order valence-electron chi connectivity index (χ0n) is 18.0. The first kappa shape index (κ1) is 22.8. The lowest BCUT2D eigenvalue weighted by atomic mass is 10.0. The number of hydrogen-bond donors (Lipinski definition) is 1. The Labute approximate surface area is 200 Å². The molecule has 32 heavy (non-hydrogen) atoms. The number of halogens is 1. The number of sulfonamides is 1. The minimum absolute atomic E-state index is 0.293. The van der Waals surface area contributed by atoms with Gasteiger partial charge in [-0.2, -0.15) is 0 Å². The number of rotatable bonds is 7. The van der Waals surface area contributed by atoms with Gasteiger partial charge in [0.15, 0.2) is 5.76 Å². The van der Waals surface area contributed by atoms with E-state index in [1.165, 1.54) is 16.9 Å². The lowest BCUT2D eigenvalue weighted by Gasteiger charge is -2.11. The lowest BCUT2D eigenvalue weighted by molar-refractivity contribution is 0.426. The number of anilines is 1. The summed E-state index contributed by atoms with van der Waals surface area (Å²) in [6.07, 6.45) is 1.26. The Kier molecular flexibility index (Phi) is 6.55. The summed E-state index contributed by atoms with van der Waals surface area (Å²) in [5.41, 5.74) is 6.14. The highest BCUT2D eigenvalue weighted by molar-refractivity contribution is 9.10. The Hall–Kier alpha value is -2.42. The number of benzene rings is 2. The Balaban J connectivity index is 1.73. The van der Waals surface area contributed by atoms with E-state index in [1.54, 1.807) is 12.1 Å². The molecular formula is C24H23BrN2O3S2. The Morgan fingerprint density at radius 1 is 0.969 bits per heavy atom. The van der Waals surface area contributed by atoms with E-state index in [-0.39, 0.29) is 0 Å². The van der Waals surface area contributed by atoms with Crippen molar-refractivity contribution in [3.8, 4) is 11.3 Å². The van der Waals surface area contributed by atoms with Crippen LogP contribution in [0.1, 0.15) is 27.9 Å². The van der Waals surface area contributed by atoms with E-state index in [1.807, 2.05) is 38.3 Å². The maximum Gasteiger partial charge on any atom is 0.271 e. The van der Waals surface area contributed by atoms with Crippen LogP contribution in [0.4, 0.5) is 5.69 Å². The molecule has 2 heterocycles. The van der Waals surface area contributed by atoms with Crippen molar-refractivity contribution >= 4 is 43.0 Å². The van der Waals surface area contributed by atoms with Gasteiger partial charge in [-0.3, -0.25) is 4.72 Å². The summed E-state index contributed by atoms with van der Waals surface area (Å²) < 4.78 is 36.0. The van der Waals surface area contributed by atoms with Gasteiger partial charge in [0.05, 0.1) is 10.2 Å². The van der Waals surface area contributed by atoms with Crippen LogP contribution < -0.4 is 4.72 Å². The summed E-state index contributed by atoms with van der Waals surface area (Å²) in [7, 11) is -3.77. The van der Waals surface area contributed by atoms with Gasteiger partial charge in [0.2, 0.25) is 0 Å². The first-order chi connectivity index (χ1) is 15.2. The maximum absolute atomic E-state index is 13.3. The van der Waals surface area contributed by atoms with E-state index >= 15 is 0 Å². The van der Waals surface area contributed by atoms with Crippen molar-refractivity contribution in [1.82, 2.24) is 5.16 Å². The Morgan fingerprint density at radius 3 is 2.19 bits per heavy atom. The Bertz CT molecular complexity index is 1340. The molecule has 1 N–H and O–H groups in total. The van der Waals surface area contributed by atoms with Crippen molar-refractivity contribution in [2.45, 2.75) is 37.8 Å². The number of hydrogen-bond acceptors (Lipinski definition) is 5. The van der Waals surface area contributed by atoms with E-state index in [2.05, 4.69) is 50.1 Å². The van der Waals surface area contributed by atoms with Crippen molar-refractivity contribution in [1.29, 1.82) is 0 Å². The topological polar surface area (TPSA) is 72.2 Å². The minimum Gasteiger partial charge on any atom is -0.355 e. The van der Waals surface area contributed by atoms with Gasteiger partial charge in [-0.15, -0.1) is 11.3 Å². The second-order valence-corrected chi connectivity index (χ2v) is 11.3. The van der Waals surface area contributed by atoms with Crippen LogP contribution in [0, 0.1) is 20.8 Å². The highest BCUT2D eigenvalue weighted by Crippen LogP contribution is 2.40. The summed E-state index contributed by atoms with van der Waals surface area (Å²) in [4.78, 5) is 0. The molecule has 0 atom stereocenters. The van der Waals surface area contributed by atoms with E-state index in [0.29, 0.717) is 28.5 Å². The lowest BCUT2D eigenvalue weighted by Crippen LogP contribution is -2.13. The molecular weight excluding hydrogens is 508 g/mol. The molecule has 5 nitrogen and oxygen atoms in total. The van der Waals surface area contributed by atoms with Crippen LogP contribution in [-0.2, 0) is 22.9 Å². The van der Waals surface area contributed by atoms with Crippen LogP contribution in [0.3, 0.4) is 0 Å². The van der Waals surface area contributed by atoms with Crippen molar-refractivity contribution < 1.29 is 12.9 Å². The zero-order chi connectivity index (χ0) is 22.9. The fraction of sp³-hybridized carbons (Fsp3) is 0.208. The van der Waals surface area contributed by atoms with Crippen molar-refractivity contribution in [3.63, 3.8) is 0 Å². The minimum atomic E-state index is -3.77. The van der Waals surface area contributed by atoms with Gasteiger partial charge < -0.3 is 4.52 Å². The normalized spacial score (nSPS) is 11.6. The molecule has 0 aliphatic carbocycles. The SMILES string of the molecule is Cc1ccc(CCc2c(-c3onc(C)c3Br)csc2S(=O)(=O)Nc2ccc(C)cc2)cc1. The molecule has 0 unspecified atom stereocenters. The molecule has 8 heteroatoms. The van der Waals surface area contributed by atoms with Crippen LogP contribution in [0.5, 0.6) is 0 Å². The third-order valence-corrected chi connectivity index (χ3v) is 9.16. The molecule has 0 fully saturated rings. The number of nitrogens with zero attached hydrogens (tertiary/aromatic N) is 1. The smallest absolute Gasteiger partial charge is 0.271 e. The number of aryl methyl sites for hydroxylation is 4. The molecule has 4 rings (SSSR count). The molecule has 0 aliphatic rings. The predicted octanol–water partition coefficient (Wildman–Crippen LogP) is 6.68. The predicted molar refractivity (Wildman–Crippen MR) is 133 cm³/mol. The number of thiophene rings is 1. The monoisotopic (exact) mass is 530 g/mol. The molecule has 166 valence electrons. The molecule has 0 saturated heterocycles. The second-order valence-electron chi connectivity index (χ2n) is 7.78. The van der Waals surface area contributed by atoms with Gasteiger partial charge in [-0.1, -0.05) is 52.7 Å². The average Bonchev–Trinajstić information content (AvgIpc) is 3.33.